The highest BCUT2D eigenvalue weighted by Gasteiger charge is 2.09. The van der Waals surface area contributed by atoms with Gasteiger partial charge in [0.1, 0.15) is 11.5 Å². The standard InChI is InChI=1S/C18H14Cl2N4O/c1-11-2-5-13(6-3-11)23-18(25)16-9-22-17(10-21-16)24-15-7-4-12(19)8-14(15)20/h2-10H,1H3,(H,22,24)(H,23,25). The number of nitrogens with zero attached hydrogens (tertiary/aromatic N) is 2. The molecule has 3 aromatic rings. The molecule has 2 aromatic carbocycles. The maximum absolute atomic E-state index is 12.2. The smallest absolute Gasteiger partial charge is 0.275 e. The first-order valence-corrected chi connectivity index (χ1v) is 8.19. The van der Waals surface area contributed by atoms with E-state index in [1.54, 1.807) is 18.2 Å². The normalized spacial score (nSPS) is 10.4. The molecule has 1 heterocycles. The van der Waals surface area contributed by atoms with Gasteiger partial charge in [0.25, 0.3) is 5.91 Å². The number of carbonyl (C=O) groups excluding carboxylic acids is 1. The van der Waals surface area contributed by atoms with E-state index in [4.69, 9.17) is 23.2 Å². The summed E-state index contributed by atoms with van der Waals surface area (Å²) in [5.41, 5.74) is 2.69. The van der Waals surface area contributed by atoms with E-state index >= 15 is 0 Å². The molecule has 0 aliphatic rings. The molecule has 1 amide bonds. The molecule has 0 unspecified atom stereocenters. The Morgan fingerprint density at radius 2 is 1.76 bits per heavy atom. The van der Waals surface area contributed by atoms with Gasteiger partial charge in [-0.1, -0.05) is 40.9 Å². The van der Waals surface area contributed by atoms with Gasteiger partial charge in [0, 0.05) is 10.7 Å². The second kappa shape index (κ2) is 7.51. The van der Waals surface area contributed by atoms with Crippen molar-refractivity contribution in [2.75, 3.05) is 10.6 Å². The van der Waals surface area contributed by atoms with Crippen LogP contribution in [-0.4, -0.2) is 15.9 Å². The van der Waals surface area contributed by atoms with Gasteiger partial charge in [0.05, 0.1) is 23.1 Å². The summed E-state index contributed by atoms with van der Waals surface area (Å²) in [4.78, 5) is 20.5. The lowest BCUT2D eigenvalue weighted by molar-refractivity contribution is 0.102. The van der Waals surface area contributed by atoms with Crippen molar-refractivity contribution < 1.29 is 4.79 Å². The molecule has 0 aliphatic heterocycles. The minimum absolute atomic E-state index is 0.216. The molecule has 0 saturated heterocycles. The number of aryl methyl sites for hydroxylation is 1. The number of amides is 1. The van der Waals surface area contributed by atoms with Crippen LogP contribution in [0, 0.1) is 6.92 Å². The number of halogens is 2. The molecule has 0 bridgehead atoms. The van der Waals surface area contributed by atoms with Crippen LogP contribution in [0.25, 0.3) is 0 Å². The van der Waals surface area contributed by atoms with Gasteiger partial charge in [0.2, 0.25) is 0 Å². The highest BCUT2D eigenvalue weighted by atomic mass is 35.5. The number of hydrogen-bond acceptors (Lipinski definition) is 4. The second-order valence-electron chi connectivity index (χ2n) is 5.36. The van der Waals surface area contributed by atoms with Crippen molar-refractivity contribution in [2.45, 2.75) is 6.92 Å². The van der Waals surface area contributed by atoms with Gasteiger partial charge in [-0.2, -0.15) is 0 Å². The minimum Gasteiger partial charge on any atom is -0.338 e. The predicted molar refractivity (Wildman–Crippen MR) is 101 cm³/mol. The summed E-state index contributed by atoms with van der Waals surface area (Å²) in [6, 6.07) is 12.6. The molecule has 0 radical (unpaired) electrons. The van der Waals surface area contributed by atoms with Crippen LogP contribution in [0.5, 0.6) is 0 Å². The fourth-order valence-electron chi connectivity index (χ4n) is 2.07. The van der Waals surface area contributed by atoms with Crippen molar-refractivity contribution in [3.63, 3.8) is 0 Å². The highest BCUT2D eigenvalue weighted by molar-refractivity contribution is 6.36. The number of aromatic nitrogens is 2. The Morgan fingerprint density at radius 1 is 1.00 bits per heavy atom. The van der Waals surface area contributed by atoms with E-state index in [1.165, 1.54) is 12.4 Å². The highest BCUT2D eigenvalue weighted by Crippen LogP contribution is 2.27. The van der Waals surface area contributed by atoms with E-state index in [0.29, 0.717) is 27.2 Å². The van der Waals surface area contributed by atoms with Crippen molar-refractivity contribution in [1.82, 2.24) is 9.97 Å². The van der Waals surface area contributed by atoms with Gasteiger partial charge < -0.3 is 10.6 Å². The average molecular weight is 373 g/mol. The average Bonchev–Trinajstić information content (AvgIpc) is 2.60. The first-order valence-electron chi connectivity index (χ1n) is 7.43. The fraction of sp³-hybridized carbons (Fsp3) is 0.0556. The summed E-state index contributed by atoms with van der Waals surface area (Å²) in [6.45, 7) is 1.98. The molecule has 0 atom stereocenters. The van der Waals surface area contributed by atoms with Gasteiger partial charge in [-0.25, -0.2) is 9.97 Å². The van der Waals surface area contributed by atoms with Crippen LogP contribution in [0.3, 0.4) is 0 Å². The second-order valence-corrected chi connectivity index (χ2v) is 6.20. The molecule has 0 spiro atoms. The van der Waals surface area contributed by atoms with E-state index < -0.39 is 0 Å². The van der Waals surface area contributed by atoms with E-state index in [-0.39, 0.29) is 11.6 Å². The quantitative estimate of drug-likeness (QED) is 0.669. The number of hydrogen-bond donors (Lipinski definition) is 2. The fourth-order valence-corrected chi connectivity index (χ4v) is 2.53. The number of anilines is 3. The molecule has 2 N–H and O–H groups in total. The molecule has 126 valence electrons. The zero-order chi connectivity index (χ0) is 17.8. The SMILES string of the molecule is Cc1ccc(NC(=O)c2cnc(Nc3ccc(Cl)cc3Cl)cn2)cc1. The number of nitrogens with one attached hydrogen (secondary N) is 2. The number of carbonyl (C=O) groups is 1. The summed E-state index contributed by atoms with van der Waals surface area (Å²) in [6.07, 6.45) is 2.87. The Morgan fingerprint density at radius 3 is 2.40 bits per heavy atom. The molecular formula is C18H14Cl2N4O. The predicted octanol–water partition coefficient (Wildman–Crippen LogP) is 5.09. The third-order valence-corrected chi connectivity index (χ3v) is 3.94. The summed E-state index contributed by atoms with van der Waals surface area (Å²) in [7, 11) is 0. The first-order chi connectivity index (χ1) is 12.0. The molecule has 3 rings (SSSR count). The van der Waals surface area contributed by atoms with Crippen LogP contribution >= 0.6 is 23.2 Å². The molecule has 7 heteroatoms. The molecule has 5 nitrogen and oxygen atoms in total. The third kappa shape index (κ3) is 4.47. The van der Waals surface area contributed by atoms with Gasteiger partial charge in [0.15, 0.2) is 0 Å². The van der Waals surface area contributed by atoms with Crippen molar-refractivity contribution in [3.05, 3.63) is 76.2 Å². The Labute approximate surface area is 155 Å². The molecule has 25 heavy (non-hydrogen) atoms. The van der Waals surface area contributed by atoms with Crippen LogP contribution in [0.2, 0.25) is 10.0 Å². The van der Waals surface area contributed by atoms with Crippen LogP contribution < -0.4 is 10.6 Å². The van der Waals surface area contributed by atoms with E-state index in [1.807, 2.05) is 31.2 Å². The first kappa shape index (κ1) is 17.2. The zero-order valence-electron chi connectivity index (χ0n) is 13.3. The summed E-state index contributed by atoms with van der Waals surface area (Å²) >= 11 is 12.0. The Kier molecular flexibility index (Phi) is 5.16. The molecule has 1 aromatic heterocycles. The van der Waals surface area contributed by atoms with Crippen molar-refractivity contribution in [1.29, 1.82) is 0 Å². The monoisotopic (exact) mass is 372 g/mol. The van der Waals surface area contributed by atoms with Gasteiger partial charge in [-0.15, -0.1) is 0 Å². The topological polar surface area (TPSA) is 66.9 Å². The Hall–Kier alpha value is -2.63. The van der Waals surface area contributed by atoms with Crippen molar-refractivity contribution in [2.24, 2.45) is 0 Å². The van der Waals surface area contributed by atoms with Gasteiger partial charge in [-0.05, 0) is 37.3 Å². The largest absolute Gasteiger partial charge is 0.338 e. The lowest BCUT2D eigenvalue weighted by atomic mass is 10.2. The zero-order valence-corrected chi connectivity index (χ0v) is 14.8. The van der Waals surface area contributed by atoms with E-state index in [0.717, 1.165) is 5.56 Å². The van der Waals surface area contributed by atoms with E-state index in [2.05, 4.69) is 20.6 Å². The maximum Gasteiger partial charge on any atom is 0.275 e. The molecular weight excluding hydrogens is 359 g/mol. The van der Waals surface area contributed by atoms with Crippen LogP contribution in [0.4, 0.5) is 17.2 Å². The van der Waals surface area contributed by atoms with Crippen molar-refractivity contribution >= 4 is 46.3 Å². The lowest BCUT2D eigenvalue weighted by Crippen LogP contribution is -2.14. The van der Waals surface area contributed by atoms with Gasteiger partial charge >= 0.3 is 0 Å². The third-order valence-electron chi connectivity index (χ3n) is 3.39. The van der Waals surface area contributed by atoms with Gasteiger partial charge in [-0.3, -0.25) is 4.79 Å². The number of rotatable bonds is 4. The summed E-state index contributed by atoms with van der Waals surface area (Å²) < 4.78 is 0. The summed E-state index contributed by atoms with van der Waals surface area (Å²) in [5, 5.41) is 6.81. The summed E-state index contributed by atoms with van der Waals surface area (Å²) in [5.74, 6) is 0.142. The lowest BCUT2D eigenvalue weighted by Gasteiger charge is -2.08. The minimum atomic E-state index is -0.326. The molecule has 0 fully saturated rings. The van der Waals surface area contributed by atoms with Crippen LogP contribution in [-0.2, 0) is 0 Å². The van der Waals surface area contributed by atoms with Crippen molar-refractivity contribution in [3.8, 4) is 0 Å². The number of benzene rings is 2. The Balaban J connectivity index is 1.69. The van der Waals surface area contributed by atoms with Crippen LogP contribution in [0.1, 0.15) is 16.1 Å². The Bertz CT molecular complexity index is 896. The molecule has 0 saturated carbocycles. The molecule has 0 aliphatic carbocycles. The van der Waals surface area contributed by atoms with Crippen LogP contribution in [0.15, 0.2) is 54.9 Å². The van der Waals surface area contributed by atoms with E-state index in [9.17, 15) is 4.79 Å². The maximum atomic E-state index is 12.2.